The van der Waals surface area contributed by atoms with Crippen molar-refractivity contribution in [2.45, 2.75) is 41.0 Å². The third-order valence-electron chi connectivity index (χ3n) is 3.86. The van der Waals surface area contributed by atoms with Gasteiger partial charge in [-0.3, -0.25) is 9.59 Å². The first-order valence-corrected chi connectivity index (χ1v) is 9.62. The molecule has 0 saturated carbocycles. The van der Waals surface area contributed by atoms with Gasteiger partial charge in [0.25, 0.3) is 0 Å². The average Bonchev–Trinajstić information content (AvgIpc) is 2.50. The molecule has 0 bridgehead atoms. The number of hydrogen-bond donors (Lipinski definition) is 0. The van der Waals surface area contributed by atoms with Crippen molar-refractivity contribution in [1.29, 1.82) is 0 Å². The molecule has 0 aromatic heterocycles. The number of carbonyl (C=O) groups excluding carboxylic acids is 2. The molecule has 0 radical (unpaired) electrons. The lowest BCUT2D eigenvalue weighted by Crippen LogP contribution is -2.39. The number of carbonyl (C=O) groups is 2. The van der Waals surface area contributed by atoms with E-state index in [9.17, 15) is 9.59 Å². The van der Waals surface area contributed by atoms with Gasteiger partial charge in [-0.2, -0.15) is 11.8 Å². The Hall–Kier alpha value is -1.49. The largest absolute Gasteiger partial charge is 0.465 e. The van der Waals surface area contributed by atoms with E-state index in [0.29, 0.717) is 19.6 Å². The standard InChI is InChI=1S/C19H29NO3S/c1-6-23-19(22)13-20(8-9-24-7-2)18(21)12-17-15(4)10-14(3)11-16(17)5/h10-11H,6-9,12-13H2,1-5H3. The second-order valence-electron chi connectivity index (χ2n) is 5.87. The van der Waals surface area contributed by atoms with Crippen molar-refractivity contribution in [3.05, 3.63) is 34.4 Å². The van der Waals surface area contributed by atoms with Gasteiger partial charge in [0.05, 0.1) is 13.0 Å². The summed E-state index contributed by atoms with van der Waals surface area (Å²) in [5.74, 6) is 1.46. The molecule has 134 valence electrons. The minimum absolute atomic E-state index is 0.0187. The maximum Gasteiger partial charge on any atom is 0.325 e. The molecule has 0 saturated heterocycles. The van der Waals surface area contributed by atoms with E-state index in [1.54, 1.807) is 23.6 Å². The molecule has 4 nitrogen and oxygen atoms in total. The van der Waals surface area contributed by atoms with Crippen LogP contribution in [0, 0.1) is 20.8 Å². The van der Waals surface area contributed by atoms with E-state index >= 15 is 0 Å². The van der Waals surface area contributed by atoms with Crippen molar-refractivity contribution in [1.82, 2.24) is 4.90 Å². The van der Waals surface area contributed by atoms with Crippen LogP contribution in [0.15, 0.2) is 12.1 Å². The Morgan fingerprint density at radius 2 is 1.75 bits per heavy atom. The van der Waals surface area contributed by atoms with E-state index < -0.39 is 0 Å². The molecule has 1 aromatic rings. The number of rotatable bonds is 9. The van der Waals surface area contributed by atoms with Crippen molar-refractivity contribution < 1.29 is 14.3 Å². The Morgan fingerprint density at radius 1 is 1.12 bits per heavy atom. The molecule has 1 rings (SSSR count). The third kappa shape index (κ3) is 6.56. The van der Waals surface area contributed by atoms with Crippen LogP contribution in [0.3, 0.4) is 0 Å². The maximum atomic E-state index is 12.7. The van der Waals surface area contributed by atoms with Crippen LogP contribution in [-0.4, -0.2) is 48.0 Å². The number of nitrogens with zero attached hydrogens (tertiary/aromatic N) is 1. The van der Waals surface area contributed by atoms with Gasteiger partial charge >= 0.3 is 5.97 Å². The van der Waals surface area contributed by atoms with Gasteiger partial charge in [-0.15, -0.1) is 0 Å². The zero-order chi connectivity index (χ0) is 18.1. The predicted octanol–water partition coefficient (Wildman–Crippen LogP) is 3.30. The van der Waals surface area contributed by atoms with Crippen LogP contribution < -0.4 is 0 Å². The Kier molecular flexibility index (Phi) is 8.90. The summed E-state index contributed by atoms with van der Waals surface area (Å²) < 4.78 is 5.00. The Balaban J connectivity index is 2.84. The summed E-state index contributed by atoms with van der Waals surface area (Å²) in [5.41, 5.74) is 4.51. The van der Waals surface area contributed by atoms with Crippen LogP contribution in [0.25, 0.3) is 0 Å². The minimum atomic E-state index is -0.343. The van der Waals surface area contributed by atoms with Gasteiger partial charge in [0.2, 0.25) is 5.91 Å². The summed E-state index contributed by atoms with van der Waals surface area (Å²) in [6.07, 6.45) is 0.328. The Bertz CT molecular complexity index is 549. The zero-order valence-electron chi connectivity index (χ0n) is 15.5. The lowest BCUT2D eigenvalue weighted by atomic mass is 9.97. The first-order valence-electron chi connectivity index (χ1n) is 8.46. The summed E-state index contributed by atoms with van der Waals surface area (Å²) in [6, 6.07) is 4.19. The van der Waals surface area contributed by atoms with Gasteiger partial charge in [-0.1, -0.05) is 24.6 Å². The number of esters is 1. The number of aryl methyl sites for hydroxylation is 3. The molecule has 0 fully saturated rings. The van der Waals surface area contributed by atoms with Crippen LogP contribution in [0.2, 0.25) is 0 Å². The SMILES string of the molecule is CCOC(=O)CN(CCSCC)C(=O)Cc1c(C)cc(C)cc1C. The molecule has 0 heterocycles. The Morgan fingerprint density at radius 3 is 2.29 bits per heavy atom. The molecule has 0 aliphatic carbocycles. The fourth-order valence-electron chi connectivity index (χ4n) is 2.73. The average molecular weight is 352 g/mol. The lowest BCUT2D eigenvalue weighted by molar-refractivity contribution is -0.148. The molecule has 0 unspecified atom stereocenters. The number of thioether (sulfide) groups is 1. The third-order valence-corrected chi connectivity index (χ3v) is 4.74. The number of benzene rings is 1. The second kappa shape index (κ2) is 10.4. The van der Waals surface area contributed by atoms with Crippen molar-refractivity contribution in [2.75, 3.05) is 31.2 Å². The van der Waals surface area contributed by atoms with Gasteiger partial charge in [0.1, 0.15) is 6.54 Å². The maximum absolute atomic E-state index is 12.7. The van der Waals surface area contributed by atoms with Crippen molar-refractivity contribution in [3.8, 4) is 0 Å². The van der Waals surface area contributed by atoms with E-state index in [1.807, 2.05) is 13.8 Å². The molecule has 1 amide bonds. The van der Waals surface area contributed by atoms with Gasteiger partial charge in [-0.25, -0.2) is 0 Å². The number of amides is 1. The molecule has 0 spiro atoms. The zero-order valence-corrected chi connectivity index (χ0v) is 16.3. The first kappa shape index (κ1) is 20.6. The minimum Gasteiger partial charge on any atom is -0.465 e. The highest BCUT2D eigenvalue weighted by atomic mass is 32.2. The van der Waals surface area contributed by atoms with Crippen LogP contribution in [0.4, 0.5) is 0 Å². The second-order valence-corrected chi connectivity index (χ2v) is 7.27. The van der Waals surface area contributed by atoms with Crippen LogP contribution in [0.5, 0.6) is 0 Å². The van der Waals surface area contributed by atoms with Gasteiger partial charge in [0, 0.05) is 12.3 Å². The smallest absolute Gasteiger partial charge is 0.325 e. The van der Waals surface area contributed by atoms with Crippen molar-refractivity contribution in [2.24, 2.45) is 0 Å². The summed E-state index contributed by atoms with van der Waals surface area (Å²) >= 11 is 1.76. The summed E-state index contributed by atoms with van der Waals surface area (Å²) in [4.78, 5) is 26.2. The van der Waals surface area contributed by atoms with E-state index in [2.05, 4.69) is 26.0 Å². The van der Waals surface area contributed by atoms with Gasteiger partial charge in [0.15, 0.2) is 0 Å². The molecule has 1 aromatic carbocycles. The summed E-state index contributed by atoms with van der Waals surface area (Å²) in [6.45, 7) is 10.9. The molecule has 5 heteroatoms. The molecular weight excluding hydrogens is 322 g/mol. The van der Waals surface area contributed by atoms with E-state index in [-0.39, 0.29) is 18.4 Å². The molecule has 0 aliphatic rings. The van der Waals surface area contributed by atoms with Crippen molar-refractivity contribution >= 4 is 23.6 Å². The molecule has 0 aliphatic heterocycles. The van der Waals surface area contributed by atoms with Crippen LogP contribution >= 0.6 is 11.8 Å². The van der Waals surface area contributed by atoms with Gasteiger partial charge in [-0.05, 0) is 50.1 Å². The highest BCUT2D eigenvalue weighted by molar-refractivity contribution is 7.99. The molecule has 0 N–H and O–H groups in total. The van der Waals surface area contributed by atoms with E-state index in [4.69, 9.17) is 4.74 Å². The highest BCUT2D eigenvalue weighted by Crippen LogP contribution is 2.18. The normalized spacial score (nSPS) is 10.5. The number of ether oxygens (including phenoxy) is 1. The van der Waals surface area contributed by atoms with E-state index in [1.165, 1.54) is 5.56 Å². The molecule has 24 heavy (non-hydrogen) atoms. The Labute approximate surface area is 149 Å². The monoisotopic (exact) mass is 351 g/mol. The fourth-order valence-corrected chi connectivity index (χ4v) is 3.36. The fraction of sp³-hybridized carbons (Fsp3) is 0.579. The van der Waals surface area contributed by atoms with Crippen LogP contribution in [-0.2, 0) is 20.7 Å². The number of hydrogen-bond acceptors (Lipinski definition) is 4. The quantitative estimate of drug-likeness (QED) is 0.506. The topological polar surface area (TPSA) is 46.6 Å². The summed E-state index contributed by atoms with van der Waals surface area (Å²) in [5, 5.41) is 0. The lowest BCUT2D eigenvalue weighted by Gasteiger charge is -2.22. The summed E-state index contributed by atoms with van der Waals surface area (Å²) in [7, 11) is 0. The van der Waals surface area contributed by atoms with Gasteiger partial charge < -0.3 is 9.64 Å². The highest BCUT2D eigenvalue weighted by Gasteiger charge is 2.19. The van der Waals surface area contributed by atoms with Crippen LogP contribution in [0.1, 0.15) is 36.1 Å². The predicted molar refractivity (Wildman–Crippen MR) is 101 cm³/mol. The van der Waals surface area contributed by atoms with Crippen molar-refractivity contribution in [3.63, 3.8) is 0 Å². The molecular formula is C19H29NO3S. The molecule has 0 atom stereocenters. The first-order chi connectivity index (χ1) is 11.4. The van der Waals surface area contributed by atoms with E-state index in [0.717, 1.165) is 28.2 Å².